The zero-order valence-corrected chi connectivity index (χ0v) is 14.5. The Hall–Kier alpha value is -0.0800. The fraction of sp³-hybridized carbons (Fsp3) is 1.00. The van der Waals surface area contributed by atoms with Crippen molar-refractivity contribution in [2.45, 2.75) is 83.7 Å². The Morgan fingerprint density at radius 1 is 1.14 bits per heavy atom. The number of likely N-dealkylation sites (N-methyl/N-ethyl adjacent to an activating group) is 1. The Kier molecular flexibility index (Phi) is 4.95. The maximum absolute atomic E-state index is 3.90. The van der Waals surface area contributed by atoms with Crippen LogP contribution in [-0.2, 0) is 0 Å². The summed E-state index contributed by atoms with van der Waals surface area (Å²) < 4.78 is 0. The molecule has 5 atom stereocenters. The van der Waals surface area contributed by atoms with E-state index in [0.29, 0.717) is 11.6 Å². The van der Waals surface area contributed by atoms with Crippen LogP contribution in [-0.4, -0.2) is 36.1 Å². The lowest BCUT2D eigenvalue weighted by atomic mass is 9.77. The molecule has 2 bridgehead atoms. The third-order valence-corrected chi connectivity index (χ3v) is 7.17. The topological polar surface area (TPSA) is 15.3 Å². The lowest BCUT2D eigenvalue weighted by Gasteiger charge is -2.46. The summed E-state index contributed by atoms with van der Waals surface area (Å²) in [6, 6.07) is 0.690. The van der Waals surface area contributed by atoms with Gasteiger partial charge in [-0.25, -0.2) is 0 Å². The van der Waals surface area contributed by atoms with Gasteiger partial charge in [0, 0.05) is 11.6 Å². The molecule has 0 spiro atoms. The average molecular weight is 293 g/mol. The van der Waals surface area contributed by atoms with E-state index in [4.69, 9.17) is 0 Å². The van der Waals surface area contributed by atoms with E-state index in [1.54, 1.807) is 6.42 Å². The second-order valence-corrected chi connectivity index (χ2v) is 8.19. The molecule has 0 aromatic heterocycles. The van der Waals surface area contributed by atoms with Gasteiger partial charge in [-0.2, -0.15) is 0 Å². The van der Waals surface area contributed by atoms with Crippen LogP contribution in [0.1, 0.15) is 72.1 Å². The molecule has 0 amide bonds. The van der Waals surface area contributed by atoms with Gasteiger partial charge in [0.25, 0.3) is 0 Å². The second kappa shape index (κ2) is 6.58. The predicted molar refractivity (Wildman–Crippen MR) is 90.5 cm³/mol. The summed E-state index contributed by atoms with van der Waals surface area (Å²) in [6.07, 6.45) is 11.7. The standard InChI is InChI=1S/C19H36N2/c1-4-19(3,21-10-6-7-11-21)18(20-5-2)14-17-13-15-8-9-16(17)12-15/h15-18,20H,4-14H2,1-3H3. The number of hydrogen-bond donors (Lipinski definition) is 1. The molecule has 5 unspecified atom stereocenters. The first kappa shape index (κ1) is 15.8. The molecule has 2 saturated carbocycles. The Morgan fingerprint density at radius 3 is 2.43 bits per heavy atom. The monoisotopic (exact) mass is 292 g/mol. The lowest BCUT2D eigenvalue weighted by Crippen LogP contribution is -2.59. The van der Waals surface area contributed by atoms with Crippen LogP contribution in [0.5, 0.6) is 0 Å². The Balaban J connectivity index is 1.69. The number of nitrogens with zero attached hydrogens (tertiary/aromatic N) is 1. The van der Waals surface area contributed by atoms with E-state index in [0.717, 1.165) is 24.3 Å². The van der Waals surface area contributed by atoms with Crippen molar-refractivity contribution in [3.63, 3.8) is 0 Å². The minimum Gasteiger partial charge on any atom is -0.312 e. The van der Waals surface area contributed by atoms with E-state index in [-0.39, 0.29) is 0 Å². The van der Waals surface area contributed by atoms with E-state index >= 15 is 0 Å². The first-order valence-corrected chi connectivity index (χ1v) is 9.65. The lowest BCUT2D eigenvalue weighted by molar-refractivity contribution is 0.0679. The minimum atomic E-state index is 0.369. The molecule has 3 rings (SSSR count). The van der Waals surface area contributed by atoms with Gasteiger partial charge < -0.3 is 5.32 Å². The highest BCUT2D eigenvalue weighted by molar-refractivity contribution is 5.01. The largest absolute Gasteiger partial charge is 0.312 e. The molecule has 0 aromatic carbocycles. The van der Waals surface area contributed by atoms with Crippen molar-refractivity contribution >= 4 is 0 Å². The third-order valence-electron chi connectivity index (χ3n) is 7.17. The van der Waals surface area contributed by atoms with E-state index < -0.39 is 0 Å². The highest BCUT2D eigenvalue weighted by atomic mass is 15.2. The van der Waals surface area contributed by atoms with Crippen molar-refractivity contribution < 1.29 is 0 Å². The molecule has 122 valence electrons. The van der Waals surface area contributed by atoms with Gasteiger partial charge >= 0.3 is 0 Å². The smallest absolute Gasteiger partial charge is 0.0331 e. The highest BCUT2D eigenvalue weighted by Crippen LogP contribution is 2.50. The first-order valence-electron chi connectivity index (χ1n) is 9.65. The zero-order chi connectivity index (χ0) is 14.9. The van der Waals surface area contributed by atoms with Crippen molar-refractivity contribution in [1.82, 2.24) is 10.2 Å². The van der Waals surface area contributed by atoms with Gasteiger partial charge in [-0.05, 0) is 89.3 Å². The van der Waals surface area contributed by atoms with Crippen LogP contribution >= 0.6 is 0 Å². The summed E-state index contributed by atoms with van der Waals surface area (Å²) in [6.45, 7) is 11.0. The van der Waals surface area contributed by atoms with E-state index in [1.165, 1.54) is 58.0 Å². The van der Waals surface area contributed by atoms with Gasteiger partial charge in [0.2, 0.25) is 0 Å². The van der Waals surface area contributed by atoms with E-state index in [1.807, 2.05) is 0 Å². The molecule has 21 heavy (non-hydrogen) atoms. The maximum atomic E-state index is 3.90. The third kappa shape index (κ3) is 3.03. The molecule has 1 aliphatic heterocycles. The molecular formula is C19H36N2. The van der Waals surface area contributed by atoms with Crippen molar-refractivity contribution in [2.75, 3.05) is 19.6 Å². The van der Waals surface area contributed by atoms with Crippen molar-refractivity contribution in [1.29, 1.82) is 0 Å². The fourth-order valence-electron chi connectivity index (χ4n) is 5.69. The number of likely N-dealkylation sites (tertiary alicyclic amines) is 1. The van der Waals surface area contributed by atoms with Crippen LogP contribution in [0.2, 0.25) is 0 Å². The van der Waals surface area contributed by atoms with Crippen LogP contribution in [0.4, 0.5) is 0 Å². The number of nitrogens with one attached hydrogen (secondary N) is 1. The van der Waals surface area contributed by atoms with Crippen molar-refractivity contribution in [3.8, 4) is 0 Å². The SMILES string of the molecule is CCNC(CC1CC2CCC1C2)C(C)(CC)N1CCCC1. The normalized spacial score (nSPS) is 37.0. The molecule has 2 nitrogen and oxygen atoms in total. The van der Waals surface area contributed by atoms with Crippen LogP contribution in [0.15, 0.2) is 0 Å². The molecule has 1 N–H and O–H groups in total. The van der Waals surface area contributed by atoms with Crippen LogP contribution in [0.3, 0.4) is 0 Å². The summed E-state index contributed by atoms with van der Waals surface area (Å²) >= 11 is 0. The predicted octanol–water partition coefficient (Wildman–Crippen LogP) is 4.06. The molecule has 3 aliphatic rings. The Labute approximate surface area is 132 Å². The van der Waals surface area contributed by atoms with Crippen molar-refractivity contribution in [3.05, 3.63) is 0 Å². The minimum absolute atomic E-state index is 0.369. The van der Waals surface area contributed by atoms with E-state index in [9.17, 15) is 0 Å². The van der Waals surface area contributed by atoms with Gasteiger partial charge in [0.05, 0.1) is 0 Å². The summed E-state index contributed by atoms with van der Waals surface area (Å²) in [7, 11) is 0. The van der Waals surface area contributed by atoms with Gasteiger partial charge in [-0.15, -0.1) is 0 Å². The first-order chi connectivity index (χ1) is 10.2. The quantitative estimate of drug-likeness (QED) is 0.761. The van der Waals surface area contributed by atoms with Gasteiger partial charge in [0.15, 0.2) is 0 Å². The highest BCUT2D eigenvalue weighted by Gasteiger charge is 2.44. The number of hydrogen-bond acceptors (Lipinski definition) is 2. The summed E-state index contributed by atoms with van der Waals surface area (Å²) in [5.74, 6) is 3.17. The van der Waals surface area contributed by atoms with Crippen LogP contribution in [0, 0.1) is 17.8 Å². The average Bonchev–Trinajstić information content (AvgIpc) is 3.22. The Bertz CT molecular complexity index is 336. The molecule has 1 heterocycles. The molecular weight excluding hydrogens is 256 g/mol. The van der Waals surface area contributed by atoms with E-state index in [2.05, 4.69) is 31.0 Å². The summed E-state index contributed by atoms with van der Waals surface area (Å²) in [5, 5.41) is 3.90. The van der Waals surface area contributed by atoms with Gasteiger partial charge in [-0.3, -0.25) is 4.90 Å². The fourth-order valence-corrected chi connectivity index (χ4v) is 5.69. The molecule has 1 saturated heterocycles. The number of fused-ring (bicyclic) bond motifs is 2. The molecule has 3 fully saturated rings. The van der Waals surface area contributed by atoms with Gasteiger partial charge in [0.1, 0.15) is 0 Å². The second-order valence-electron chi connectivity index (χ2n) is 8.19. The molecule has 0 aromatic rings. The molecule has 0 radical (unpaired) electrons. The van der Waals surface area contributed by atoms with Gasteiger partial charge in [-0.1, -0.05) is 20.3 Å². The number of rotatable bonds is 7. The van der Waals surface area contributed by atoms with Crippen LogP contribution in [0.25, 0.3) is 0 Å². The molecule has 2 aliphatic carbocycles. The molecule has 2 heteroatoms. The van der Waals surface area contributed by atoms with Crippen molar-refractivity contribution in [2.24, 2.45) is 17.8 Å². The maximum Gasteiger partial charge on any atom is 0.0331 e. The Morgan fingerprint density at radius 2 is 1.90 bits per heavy atom. The zero-order valence-electron chi connectivity index (χ0n) is 14.5. The summed E-state index contributed by atoms with van der Waals surface area (Å²) in [5.41, 5.74) is 0.369. The summed E-state index contributed by atoms with van der Waals surface area (Å²) in [4.78, 5) is 2.80. The van der Waals surface area contributed by atoms with Crippen LogP contribution < -0.4 is 5.32 Å².